The van der Waals surface area contributed by atoms with E-state index in [4.69, 9.17) is 0 Å². The number of carbonyl (C=O) groups is 1. The minimum absolute atomic E-state index is 0.00468. The summed E-state index contributed by atoms with van der Waals surface area (Å²) in [6, 6.07) is 4.32. The Bertz CT molecular complexity index is 411. The van der Waals surface area contributed by atoms with Crippen molar-refractivity contribution >= 4 is 11.6 Å². The average Bonchev–Trinajstić information content (AvgIpc) is 2.27. The van der Waals surface area contributed by atoms with Gasteiger partial charge in [-0.1, -0.05) is 19.9 Å². The lowest BCUT2D eigenvalue weighted by Gasteiger charge is -2.13. The Morgan fingerprint density at radius 1 is 1.18 bits per heavy atom. The molecule has 0 saturated heterocycles. The molecule has 0 fully saturated rings. The molecule has 3 nitrogen and oxygen atoms in total. The largest absolute Gasteiger partial charge is 0.325 e. The maximum atomic E-state index is 11.7. The number of carbonyl (C=O) groups excluding carboxylic acids is 1. The molecule has 94 valence electrons. The maximum Gasteiger partial charge on any atom is 0.238 e. The van der Waals surface area contributed by atoms with Gasteiger partial charge in [0.05, 0.1) is 6.54 Å². The fourth-order valence-electron chi connectivity index (χ4n) is 1.58. The Morgan fingerprint density at radius 3 is 2.41 bits per heavy atom. The number of anilines is 1. The summed E-state index contributed by atoms with van der Waals surface area (Å²) in [6.45, 7) is 10.6. The van der Waals surface area contributed by atoms with E-state index in [1.54, 1.807) is 0 Å². The highest BCUT2D eigenvalue weighted by atomic mass is 16.1. The third-order valence-corrected chi connectivity index (χ3v) is 3.00. The van der Waals surface area contributed by atoms with Crippen molar-refractivity contribution in [2.75, 3.05) is 11.9 Å². The molecule has 0 unspecified atom stereocenters. The number of hydrogen-bond acceptors (Lipinski definition) is 2. The van der Waals surface area contributed by atoms with E-state index in [0.717, 1.165) is 11.3 Å². The maximum absolute atomic E-state index is 11.7. The van der Waals surface area contributed by atoms with Gasteiger partial charge in [-0.25, -0.2) is 0 Å². The van der Waals surface area contributed by atoms with Crippen molar-refractivity contribution in [1.82, 2.24) is 5.32 Å². The van der Waals surface area contributed by atoms with E-state index in [9.17, 15) is 4.79 Å². The normalized spacial score (nSPS) is 10.7. The number of amides is 1. The minimum Gasteiger partial charge on any atom is -0.325 e. The van der Waals surface area contributed by atoms with E-state index in [0.29, 0.717) is 12.6 Å². The smallest absolute Gasteiger partial charge is 0.238 e. The fourth-order valence-corrected chi connectivity index (χ4v) is 1.58. The summed E-state index contributed by atoms with van der Waals surface area (Å²) in [5.41, 5.74) is 4.53. The molecule has 0 bridgehead atoms. The fraction of sp³-hybridized carbons (Fsp3) is 0.500. The van der Waals surface area contributed by atoms with Gasteiger partial charge in [0, 0.05) is 11.7 Å². The van der Waals surface area contributed by atoms with Gasteiger partial charge in [0.1, 0.15) is 0 Å². The van der Waals surface area contributed by atoms with Gasteiger partial charge in [-0.3, -0.25) is 4.79 Å². The highest BCUT2D eigenvalue weighted by Crippen LogP contribution is 2.21. The standard InChI is InChI=1S/C14H22N2O/c1-9(2)15-8-14(17)16-13-7-6-10(3)11(4)12(13)5/h6-7,9,15H,8H2,1-5H3,(H,16,17). The summed E-state index contributed by atoms with van der Waals surface area (Å²) in [6.07, 6.45) is 0. The molecule has 0 aromatic heterocycles. The van der Waals surface area contributed by atoms with Crippen LogP contribution >= 0.6 is 0 Å². The summed E-state index contributed by atoms with van der Waals surface area (Å²) in [7, 11) is 0. The van der Waals surface area contributed by atoms with E-state index in [1.807, 2.05) is 32.9 Å². The van der Waals surface area contributed by atoms with Crippen molar-refractivity contribution in [2.45, 2.75) is 40.7 Å². The minimum atomic E-state index is 0.00468. The first kappa shape index (κ1) is 13.7. The van der Waals surface area contributed by atoms with Crippen LogP contribution < -0.4 is 10.6 Å². The first-order chi connectivity index (χ1) is 7.91. The number of nitrogens with one attached hydrogen (secondary N) is 2. The van der Waals surface area contributed by atoms with Gasteiger partial charge in [-0.15, -0.1) is 0 Å². The highest BCUT2D eigenvalue weighted by molar-refractivity contribution is 5.93. The Hall–Kier alpha value is -1.35. The van der Waals surface area contributed by atoms with E-state index in [-0.39, 0.29) is 5.91 Å². The molecule has 0 atom stereocenters. The Balaban J connectivity index is 2.69. The molecule has 1 rings (SSSR count). The number of rotatable bonds is 4. The van der Waals surface area contributed by atoms with E-state index >= 15 is 0 Å². The highest BCUT2D eigenvalue weighted by Gasteiger charge is 2.07. The van der Waals surface area contributed by atoms with Crippen molar-refractivity contribution < 1.29 is 4.79 Å². The van der Waals surface area contributed by atoms with E-state index in [1.165, 1.54) is 11.1 Å². The van der Waals surface area contributed by atoms with Crippen LogP contribution in [0.3, 0.4) is 0 Å². The second kappa shape index (κ2) is 5.82. The van der Waals surface area contributed by atoms with Crippen LogP contribution in [-0.4, -0.2) is 18.5 Å². The van der Waals surface area contributed by atoms with Crippen LogP contribution in [-0.2, 0) is 4.79 Å². The molecule has 0 aliphatic rings. The molecule has 0 radical (unpaired) electrons. The number of benzene rings is 1. The molecule has 0 aliphatic carbocycles. The average molecular weight is 234 g/mol. The molecule has 0 saturated carbocycles. The summed E-state index contributed by atoms with van der Waals surface area (Å²) in [5, 5.41) is 6.03. The van der Waals surface area contributed by atoms with Crippen LogP contribution in [0.15, 0.2) is 12.1 Å². The van der Waals surface area contributed by atoms with Crippen molar-refractivity contribution in [3.05, 3.63) is 28.8 Å². The second-order valence-electron chi connectivity index (χ2n) is 4.76. The van der Waals surface area contributed by atoms with Crippen molar-refractivity contribution in [2.24, 2.45) is 0 Å². The van der Waals surface area contributed by atoms with Crippen LogP contribution in [0.25, 0.3) is 0 Å². The van der Waals surface area contributed by atoms with Gasteiger partial charge in [0.2, 0.25) is 5.91 Å². The zero-order valence-corrected chi connectivity index (χ0v) is 11.3. The van der Waals surface area contributed by atoms with Gasteiger partial charge in [0.25, 0.3) is 0 Å². The first-order valence-corrected chi connectivity index (χ1v) is 6.02. The van der Waals surface area contributed by atoms with Crippen molar-refractivity contribution in [3.63, 3.8) is 0 Å². The van der Waals surface area contributed by atoms with Gasteiger partial charge in [-0.2, -0.15) is 0 Å². The molecule has 17 heavy (non-hydrogen) atoms. The number of aryl methyl sites for hydroxylation is 1. The van der Waals surface area contributed by atoms with Crippen LogP contribution in [0.4, 0.5) is 5.69 Å². The van der Waals surface area contributed by atoms with Crippen LogP contribution in [0, 0.1) is 20.8 Å². The lowest BCUT2D eigenvalue weighted by Crippen LogP contribution is -2.32. The van der Waals surface area contributed by atoms with Crippen molar-refractivity contribution in [1.29, 1.82) is 0 Å². The molecule has 0 aliphatic heterocycles. The summed E-state index contributed by atoms with van der Waals surface area (Å²) in [4.78, 5) is 11.7. The van der Waals surface area contributed by atoms with Gasteiger partial charge < -0.3 is 10.6 Å². The third-order valence-electron chi connectivity index (χ3n) is 3.00. The van der Waals surface area contributed by atoms with Gasteiger partial charge >= 0.3 is 0 Å². The lowest BCUT2D eigenvalue weighted by molar-refractivity contribution is -0.115. The van der Waals surface area contributed by atoms with Gasteiger partial charge in [0.15, 0.2) is 0 Å². The summed E-state index contributed by atoms with van der Waals surface area (Å²) >= 11 is 0. The molecular weight excluding hydrogens is 212 g/mol. The molecule has 0 heterocycles. The Morgan fingerprint density at radius 2 is 1.82 bits per heavy atom. The van der Waals surface area contributed by atoms with Crippen molar-refractivity contribution in [3.8, 4) is 0 Å². The predicted molar refractivity (Wildman–Crippen MR) is 72.4 cm³/mol. The Labute approximate surface area is 104 Å². The SMILES string of the molecule is Cc1ccc(NC(=O)CNC(C)C)c(C)c1C. The third kappa shape index (κ3) is 3.86. The quantitative estimate of drug-likeness (QED) is 0.840. The molecule has 2 N–H and O–H groups in total. The Kier molecular flexibility index (Phi) is 4.70. The molecule has 1 aromatic rings. The molecule has 1 amide bonds. The first-order valence-electron chi connectivity index (χ1n) is 6.02. The van der Waals surface area contributed by atoms with Crippen LogP contribution in [0.2, 0.25) is 0 Å². The second-order valence-corrected chi connectivity index (χ2v) is 4.76. The monoisotopic (exact) mass is 234 g/mol. The zero-order chi connectivity index (χ0) is 13.0. The van der Waals surface area contributed by atoms with Crippen LogP contribution in [0.1, 0.15) is 30.5 Å². The summed E-state index contributed by atoms with van der Waals surface area (Å²) in [5.74, 6) is 0.00468. The topological polar surface area (TPSA) is 41.1 Å². The van der Waals surface area contributed by atoms with Gasteiger partial charge in [-0.05, 0) is 43.5 Å². The van der Waals surface area contributed by atoms with E-state index < -0.39 is 0 Å². The molecular formula is C14H22N2O. The van der Waals surface area contributed by atoms with E-state index in [2.05, 4.69) is 24.5 Å². The predicted octanol–water partition coefficient (Wildman–Crippen LogP) is 2.55. The molecule has 0 spiro atoms. The molecule has 1 aromatic carbocycles. The lowest BCUT2D eigenvalue weighted by atomic mass is 10.0. The van der Waals surface area contributed by atoms with Crippen LogP contribution in [0.5, 0.6) is 0 Å². The molecule has 3 heteroatoms. The number of hydrogen-bond donors (Lipinski definition) is 2. The summed E-state index contributed by atoms with van der Waals surface area (Å²) < 4.78 is 0. The zero-order valence-electron chi connectivity index (χ0n) is 11.3.